The standard InChI is InChI=1S/C18H24N4/c1-13(15-9-20-22(12-15)16-7-8-16)19-10-18-17-6-4-3-5-14(17)11-21(18)2/h3-6,9,12-13,16,18-19H,7-8,10-11H2,1-2H3. The van der Waals surface area contributed by atoms with Crippen molar-refractivity contribution in [2.45, 2.75) is 44.4 Å². The highest BCUT2D eigenvalue weighted by Crippen LogP contribution is 2.35. The molecular weight excluding hydrogens is 272 g/mol. The van der Waals surface area contributed by atoms with E-state index in [0.717, 1.165) is 13.1 Å². The van der Waals surface area contributed by atoms with Gasteiger partial charge in [0, 0.05) is 36.9 Å². The summed E-state index contributed by atoms with van der Waals surface area (Å²) in [6, 6.07) is 10.3. The molecule has 1 aliphatic carbocycles. The van der Waals surface area contributed by atoms with E-state index >= 15 is 0 Å². The molecule has 1 aliphatic heterocycles. The van der Waals surface area contributed by atoms with Crippen molar-refractivity contribution in [1.82, 2.24) is 20.0 Å². The predicted octanol–water partition coefficient (Wildman–Crippen LogP) is 3.06. The van der Waals surface area contributed by atoms with Crippen LogP contribution in [0, 0.1) is 0 Å². The summed E-state index contributed by atoms with van der Waals surface area (Å²) in [5.41, 5.74) is 4.23. The van der Waals surface area contributed by atoms with Crippen LogP contribution in [0.15, 0.2) is 36.7 Å². The topological polar surface area (TPSA) is 33.1 Å². The van der Waals surface area contributed by atoms with Gasteiger partial charge >= 0.3 is 0 Å². The fraction of sp³-hybridized carbons (Fsp3) is 0.500. The lowest BCUT2D eigenvalue weighted by Crippen LogP contribution is -2.30. The van der Waals surface area contributed by atoms with Gasteiger partial charge in [-0.15, -0.1) is 0 Å². The average Bonchev–Trinajstić information content (AvgIpc) is 3.16. The SMILES string of the molecule is CC(NCC1c2ccccc2CN1C)c1cnn(C2CC2)c1. The highest BCUT2D eigenvalue weighted by atomic mass is 15.3. The van der Waals surface area contributed by atoms with Crippen LogP contribution in [0.1, 0.15) is 54.6 Å². The summed E-state index contributed by atoms with van der Waals surface area (Å²) in [6.45, 7) is 4.26. The van der Waals surface area contributed by atoms with Crippen LogP contribution in [0.3, 0.4) is 0 Å². The monoisotopic (exact) mass is 296 g/mol. The van der Waals surface area contributed by atoms with Gasteiger partial charge in [-0.25, -0.2) is 0 Å². The number of likely N-dealkylation sites (N-methyl/N-ethyl adjacent to an activating group) is 1. The normalized spacial score (nSPS) is 22.7. The minimum Gasteiger partial charge on any atom is -0.308 e. The highest BCUT2D eigenvalue weighted by Gasteiger charge is 2.28. The Morgan fingerprint density at radius 2 is 2.14 bits per heavy atom. The summed E-state index contributed by atoms with van der Waals surface area (Å²) in [5, 5.41) is 8.19. The number of nitrogens with one attached hydrogen (secondary N) is 1. The lowest BCUT2D eigenvalue weighted by atomic mass is 10.0. The molecule has 2 atom stereocenters. The molecule has 0 amide bonds. The maximum Gasteiger partial charge on any atom is 0.0537 e. The van der Waals surface area contributed by atoms with E-state index in [2.05, 4.69) is 64.4 Å². The Bertz CT molecular complexity index is 659. The minimum atomic E-state index is 0.341. The van der Waals surface area contributed by atoms with Gasteiger partial charge in [-0.2, -0.15) is 5.10 Å². The van der Waals surface area contributed by atoms with Gasteiger partial charge in [0.2, 0.25) is 0 Å². The van der Waals surface area contributed by atoms with Crippen LogP contribution in [0.25, 0.3) is 0 Å². The predicted molar refractivity (Wildman–Crippen MR) is 87.6 cm³/mol. The van der Waals surface area contributed by atoms with E-state index in [1.165, 1.54) is 29.5 Å². The van der Waals surface area contributed by atoms with Crippen LogP contribution in [0.4, 0.5) is 0 Å². The van der Waals surface area contributed by atoms with E-state index in [4.69, 9.17) is 0 Å². The summed E-state index contributed by atoms with van der Waals surface area (Å²) < 4.78 is 2.13. The second kappa shape index (κ2) is 5.52. The molecule has 0 radical (unpaired) electrons. The summed E-state index contributed by atoms with van der Waals surface area (Å²) in [4.78, 5) is 2.43. The van der Waals surface area contributed by atoms with Crippen molar-refractivity contribution in [1.29, 1.82) is 0 Å². The Labute approximate surface area is 132 Å². The van der Waals surface area contributed by atoms with Gasteiger partial charge in [0.1, 0.15) is 0 Å². The van der Waals surface area contributed by atoms with E-state index in [1.54, 1.807) is 0 Å². The zero-order valence-corrected chi connectivity index (χ0v) is 13.4. The highest BCUT2D eigenvalue weighted by molar-refractivity contribution is 5.34. The Morgan fingerprint density at radius 3 is 2.95 bits per heavy atom. The van der Waals surface area contributed by atoms with Crippen LogP contribution in [-0.4, -0.2) is 28.3 Å². The van der Waals surface area contributed by atoms with Crippen LogP contribution >= 0.6 is 0 Å². The third kappa shape index (κ3) is 2.57. The van der Waals surface area contributed by atoms with Gasteiger partial charge in [0.05, 0.1) is 12.2 Å². The first-order valence-corrected chi connectivity index (χ1v) is 8.28. The maximum atomic E-state index is 4.50. The Kier molecular flexibility index (Phi) is 3.51. The van der Waals surface area contributed by atoms with E-state index in [0.29, 0.717) is 18.1 Å². The molecule has 0 bridgehead atoms. The molecule has 1 aromatic carbocycles. The molecule has 116 valence electrons. The van der Waals surface area contributed by atoms with Gasteiger partial charge in [-0.3, -0.25) is 9.58 Å². The van der Waals surface area contributed by atoms with Gasteiger partial charge in [0.15, 0.2) is 0 Å². The minimum absolute atomic E-state index is 0.341. The largest absolute Gasteiger partial charge is 0.308 e. The zero-order chi connectivity index (χ0) is 15.1. The molecule has 4 heteroatoms. The molecule has 4 rings (SSSR count). The maximum absolute atomic E-state index is 4.50. The second-order valence-electron chi connectivity index (χ2n) is 6.74. The molecule has 1 N–H and O–H groups in total. The van der Waals surface area contributed by atoms with Crippen molar-refractivity contribution in [3.8, 4) is 0 Å². The first kappa shape index (κ1) is 14.0. The number of fused-ring (bicyclic) bond motifs is 1. The molecule has 22 heavy (non-hydrogen) atoms. The van der Waals surface area contributed by atoms with Crippen molar-refractivity contribution in [3.05, 3.63) is 53.3 Å². The number of aromatic nitrogens is 2. The number of benzene rings is 1. The first-order chi connectivity index (χ1) is 10.7. The number of rotatable bonds is 5. The molecule has 4 nitrogen and oxygen atoms in total. The zero-order valence-electron chi connectivity index (χ0n) is 13.4. The van der Waals surface area contributed by atoms with E-state index in [1.807, 2.05) is 6.20 Å². The smallest absolute Gasteiger partial charge is 0.0537 e. The van der Waals surface area contributed by atoms with Gasteiger partial charge in [-0.05, 0) is 37.9 Å². The molecule has 2 unspecified atom stereocenters. The summed E-state index contributed by atoms with van der Waals surface area (Å²) in [6.07, 6.45) is 6.79. The van der Waals surface area contributed by atoms with Gasteiger partial charge in [-0.1, -0.05) is 24.3 Å². The van der Waals surface area contributed by atoms with Crippen molar-refractivity contribution in [2.24, 2.45) is 0 Å². The molecule has 2 heterocycles. The van der Waals surface area contributed by atoms with Crippen molar-refractivity contribution in [2.75, 3.05) is 13.6 Å². The van der Waals surface area contributed by atoms with E-state index in [9.17, 15) is 0 Å². The third-order valence-corrected chi connectivity index (χ3v) is 5.03. The van der Waals surface area contributed by atoms with Crippen molar-refractivity contribution < 1.29 is 0 Å². The Morgan fingerprint density at radius 1 is 1.32 bits per heavy atom. The molecule has 2 aromatic rings. The number of hydrogen-bond acceptors (Lipinski definition) is 3. The van der Waals surface area contributed by atoms with Crippen molar-refractivity contribution in [3.63, 3.8) is 0 Å². The quantitative estimate of drug-likeness (QED) is 0.920. The Balaban J connectivity index is 1.41. The fourth-order valence-corrected chi connectivity index (χ4v) is 3.41. The average molecular weight is 296 g/mol. The first-order valence-electron chi connectivity index (χ1n) is 8.28. The number of hydrogen-bond donors (Lipinski definition) is 1. The molecule has 2 aliphatic rings. The van der Waals surface area contributed by atoms with Crippen LogP contribution in [0.2, 0.25) is 0 Å². The van der Waals surface area contributed by atoms with E-state index < -0.39 is 0 Å². The fourth-order valence-electron chi connectivity index (χ4n) is 3.41. The molecule has 1 fully saturated rings. The third-order valence-electron chi connectivity index (χ3n) is 5.03. The van der Waals surface area contributed by atoms with Crippen molar-refractivity contribution >= 4 is 0 Å². The van der Waals surface area contributed by atoms with E-state index in [-0.39, 0.29) is 0 Å². The van der Waals surface area contributed by atoms with Crippen LogP contribution in [0.5, 0.6) is 0 Å². The lowest BCUT2D eigenvalue weighted by Gasteiger charge is -2.23. The summed E-state index contributed by atoms with van der Waals surface area (Å²) in [5.74, 6) is 0. The van der Waals surface area contributed by atoms with Crippen LogP contribution < -0.4 is 5.32 Å². The van der Waals surface area contributed by atoms with Gasteiger partial charge < -0.3 is 5.32 Å². The number of nitrogens with zero attached hydrogens (tertiary/aromatic N) is 3. The molecule has 1 aromatic heterocycles. The molecule has 0 saturated heterocycles. The lowest BCUT2D eigenvalue weighted by molar-refractivity contribution is 0.255. The summed E-state index contributed by atoms with van der Waals surface area (Å²) in [7, 11) is 2.21. The molecular formula is C18H24N4. The second-order valence-corrected chi connectivity index (χ2v) is 6.74. The molecule has 1 saturated carbocycles. The molecule has 0 spiro atoms. The van der Waals surface area contributed by atoms with Crippen LogP contribution in [-0.2, 0) is 6.54 Å². The Hall–Kier alpha value is -1.65. The summed E-state index contributed by atoms with van der Waals surface area (Å²) >= 11 is 0. The van der Waals surface area contributed by atoms with Gasteiger partial charge in [0.25, 0.3) is 0 Å².